The summed E-state index contributed by atoms with van der Waals surface area (Å²) in [4.78, 5) is 58.1. The summed E-state index contributed by atoms with van der Waals surface area (Å²) in [6.07, 6.45) is 7.19. The van der Waals surface area contributed by atoms with E-state index >= 15 is 0 Å². The summed E-state index contributed by atoms with van der Waals surface area (Å²) in [7, 11) is 0. The Kier molecular flexibility index (Phi) is 6.40. The Balaban J connectivity index is 1.74. The predicted octanol–water partition coefficient (Wildman–Crippen LogP) is -2.37. The van der Waals surface area contributed by atoms with Crippen molar-refractivity contribution >= 4 is 23.6 Å². The van der Waals surface area contributed by atoms with Gasteiger partial charge in [-0.15, -0.1) is 0 Å². The number of pyridine rings is 1. The third-order valence-corrected chi connectivity index (χ3v) is 4.89. The van der Waals surface area contributed by atoms with Crippen molar-refractivity contribution in [1.82, 2.24) is 20.2 Å². The molecule has 0 radical (unpaired) electrons. The molecule has 2 atom stereocenters. The highest BCUT2D eigenvalue weighted by Crippen LogP contribution is 2.18. The highest BCUT2D eigenvalue weighted by molar-refractivity contribution is 5.92. The number of amides is 4. The lowest BCUT2D eigenvalue weighted by Gasteiger charge is -2.27. The van der Waals surface area contributed by atoms with Crippen molar-refractivity contribution in [3.8, 4) is 0 Å². The van der Waals surface area contributed by atoms with Crippen molar-refractivity contribution in [1.29, 1.82) is 0 Å². The summed E-state index contributed by atoms with van der Waals surface area (Å²) in [5.41, 5.74) is 11.5. The van der Waals surface area contributed by atoms with Gasteiger partial charge in [0.15, 0.2) is 12.4 Å². The predicted molar refractivity (Wildman–Crippen MR) is 102 cm³/mol. The minimum atomic E-state index is -0.936. The lowest BCUT2D eigenvalue weighted by molar-refractivity contribution is -0.684. The van der Waals surface area contributed by atoms with Crippen LogP contribution in [0.1, 0.15) is 28.9 Å². The average Bonchev–Trinajstić information content (AvgIpc) is 3.39. The molecule has 2 aromatic rings. The van der Waals surface area contributed by atoms with Crippen molar-refractivity contribution in [3.63, 3.8) is 0 Å². The van der Waals surface area contributed by atoms with Gasteiger partial charge in [-0.05, 0) is 25.3 Å². The van der Waals surface area contributed by atoms with E-state index in [9.17, 15) is 19.2 Å². The summed E-state index contributed by atoms with van der Waals surface area (Å²) in [5.74, 6) is -2.03. The smallest absolute Gasteiger partial charge is 0.286 e. The van der Waals surface area contributed by atoms with Gasteiger partial charge in [-0.1, -0.05) is 18.2 Å². The minimum absolute atomic E-state index is 0.124. The van der Waals surface area contributed by atoms with E-state index in [1.54, 1.807) is 12.3 Å². The molecule has 0 aromatic carbocycles. The van der Waals surface area contributed by atoms with Gasteiger partial charge in [-0.25, -0.2) is 0 Å². The monoisotopic (exact) mass is 413 g/mol. The lowest BCUT2D eigenvalue weighted by Crippen LogP contribution is -2.55. The third kappa shape index (κ3) is 4.99. The number of hydrogen-bond donors (Lipinski definition) is 3. The second kappa shape index (κ2) is 9.16. The number of primary amides is 2. The SMILES string of the molecule is NC(=O)c1ccc[n+](CC(=O)NC(Cc2c[n-]cn2)C(=O)N2CCCC2C(N)=O)c1. The van der Waals surface area contributed by atoms with E-state index in [2.05, 4.69) is 15.3 Å². The molecule has 3 rings (SSSR count). The van der Waals surface area contributed by atoms with Crippen LogP contribution in [-0.2, 0) is 27.3 Å². The molecule has 1 aliphatic heterocycles. The van der Waals surface area contributed by atoms with E-state index in [0.29, 0.717) is 25.1 Å². The van der Waals surface area contributed by atoms with Gasteiger partial charge in [0.2, 0.25) is 18.4 Å². The topological polar surface area (TPSA) is 166 Å². The molecule has 0 spiro atoms. The molecule has 11 heteroatoms. The zero-order valence-corrected chi connectivity index (χ0v) is 16.2. The number of nitrogens with one attached hydrogen (secondary N) is 1. The Bertz CT molecular complexity index is 944. The van der Waals surface area contributed by atoms with Crippen LogP contribution in [0.2, 0.25) is 0 Å². The fourth-order valence-corrected chi connectivity index (χ4v) is 3.47. The average molecular weight is 413 g/mol. The molecule has 11 nitrogen and oxygen atoms in total. The maximum Gasteiger partial charge on any atom is 0.286 e. The zero-order chi connectivity index (χ0) is 21.7. The zero-order valence-electron chi connectivity index (χ0n) is 16.2. The molecule has 3 heterocycles. The van der Waals surface area contributed by atoms with Crippen LogP contribution in [0.4, 0.5) is 0 Å². The number of carbonyl (C=O) groups excluding carboxylic acids is 4. The molecule has 0 bridgehead atoms. The summed E-state index contributed by atoms with van der Waals surface area (Å²) >= 11 is 0. The standard InChI is InChI=1S/C19H23N7O4/c20-17(28)12-3-1-5-25(9-12)10-16(27)24-14(7-13-8-22-11-23-13)19(30)26-6-2-4-15(26)18(21)29/h1,3,5,8-9,11,14-15H,2,4,6-7,10H2,(H5-,20,21,22,23,24,27,28,29). The van der Waals surface area contributed by atoms with Gasteiger partial charge in [0.25, 0.3) is 11.8 Å². The Morgan fingerprint density at radius 1 is 1.33 bits per heavy atom. The Hall–Kier alpha value is -3.76. The number of hydrogen-bond acceptors (Lipinski definition) is 5. The Morgan fingerprint density at radius 2 is 2.13 bits per heavy atom. The van der Waals surface area contributed by atoms with Gasteiger partial charge in [-0.3, -0.25) is 19.2 Å². The normalized spacial score (nSPS) is 16.8. The number of rotatable bonds is 8. The van der Waals surface area contributed by atoms with Crippen LogP contribution in [0.3, 0.4) is 0 Å². The summed E-state index contributed by atoms with van der Waals surface area (Å²) in [5, 5.41) is 2.70. The molecule has 4 amide bonds. The second-order valence-electron chi connectivity index (χ2n) is 7.06. The molecule has 0 aliphatic carbocycles. The molecule has 158 valence electrons. The molecule has 2 unspecified atom stereocenters. The van der Waals surface area contributed by atoms with Crippen molar-refractivity contribution < 1.29 is 23.7 Å². The summed E-state index contributed by atoms with van der Waals surface area (Å²) in [6.45, 7) is 0.262. The molecule has 1 aliphatic rings. The largest absolute Gasteiger partial charge is 0.450 e. The summed E-state index contributed by atoms with van der Waals surface area (Å²) < 4.78 is 1.49. The number of aromatic nitrogens is 3. The fourth-order valence-electron chi connectivity index (χ4n) is 3.47. The van der Waals surface area contributed by atoms with Gasteiger partial charge in [0, 0.05) is 12.6 Å². The van der Waals surface area contributed by atoms with E-state index < -0.39 is 35.7 Å². The Morgan fingerprint density at radius 3 is 2.80 bits per heavy atom. The maximum atomic E-state index is 13.1. The number of imidazole rings is 1. The van der Waals surface area contributed by atoms with Gasteiger partial charge in [-0.2, -0.15) is 4.57 Å². The first kappa shape index (κ1) is 21.0. The van der Waals surface area contributed by atoms with Gasteiger partial charge in [0.1, 0.15) is 17.6 Å². The Labute approximate surface area is 172 Å². The molecular weight excluding hydrogens is 390 g/mol. The van der Waals surface area contributed by atoms with E-state index in [1.165, 1.54) is 34.3 Å². The van der Waals surface area contributed by atoms with Crippen molar-refractivity contribution in [2.45, 2.75) is 37.9 Å². The van der Waals surface area contributed by atoms with E-state index in [4.69, 9.17) is 11.5 Å². The number of likely N-dealkylation sites (tertiary alicyclic amines) is 1. The highest BCUT2D eigenvalue weighted by atomic mass is 16.2. The van der Waals surface area contributed by atoms with E-state index in [1.807, 2.05) is 0 Å². The van der Waals surface area contributed by atoms with E-state index in [0.717, 1.165) is 0 Å². The number of nitrogens with two attached hydrogens (primary N) is 2. The van der Waals surface area contributed by atoms with Crippen LogP contribution in [0.25, 0.3) is 0 Å². The lowest BCUT2D eigenvalue weighted by atomic mass is 10.1. The van der Waals surface area contributed by atoms with Crippen molar-refractivity contribution in [2.75, 3.05) is 6.54 Å². The molecule has 1 saturated heterocycles. The van der Waals surface area contributed by atoms with Crippen LogP contribution < -0.4 is 26.3 Å². The third-order valence-electron chi connectivity index (χ3n) is 4.89. The molecule has 5 N–H and O–H groups in total. The highest BCUT2D eigenvalue weighted by Gasteiger charge is 2.36. The number of nitrogens with zero attached hydrogens (tertiary/aromatic N) is 4. The molecule has 1 fully saturated rings. The second-order valence-corrected chi connectivity index (χ2v) is 7.06. The quantitative estimate of drug-likeness (QED) is 0.409. The van der Waals surface area contributed by atoms with Crippen LogP contribution in [0.15, 0.2) is 37.1 Å². The van der Waals surface area contributed by atoms with Crippen LogP contribution >= 0.6 is 0 Å². The van der Waals surface area contributed by atoms with Crippen LogP contribution in [0, 0.1) is 0 Å². The van der Waals surface area contributed by atoms with Gasteiger partial charge in [0.05, 0.1) is 0 Å². The minimum Gasteiger partial charge on any atom is -0.450 e. The first-order chi connectivity index (χ1) is 14.3. The summed E-state index contributed by atoms with van der Waals surface area (Å²) in [6, 6.07) is 1.50. The molecule has 2 aromatic heterocycles. The maximum absolute atomic E-state index is 13.1. The molecular formula is C19H23N7O4. The van der Waals surface area contributed by atoms with Gasteiger partial charge >= 0.3 is 0 Å². The van der Waals surface area contributed by atoms with Crippen molar-refractivity contribution in [2.24, 2.45) is 11.5 Å². The first-order valence-electron chi connectivity index (χ1n) is 9.45. The fraction of sp³-hybridized carbons (Fsp3) is 0.368. The number of carbonyl (C=O) groups is 4. The van der Waals surface area contributed by atoms with Crippen LogP contribution in [-0.4, -0.2) is 52.1 Å². The van der Waals surface area contributed by atoms with E-state index in [-0.39, 0.29) is 18.5 Å². The van der Waals surface area contributed by atoms with Crippen molar-refractivity contribution in [3.05, 3.63) is 48.3 Å². The van der Waals surface area contributed by atoms with Crippen LogP contribution in [0.5, 0.6) is 0 Å². The molecule has 0 saturated carbocycles. The first-order valence-corrected chi connectivity index (χ1v) is 9.45. The molecule has 30 heavy (non-hydrogen) atoms. The van der Waals surface area contributed by atoms with Gasteiger partial charge < -0.3 is 31.7 Å².